The number of hydrogen-bond donors (Lipinski definition) is 0. The summed E-state index contributed by atoms with van der Waals surface area (Å²) in [6, 6.07) is 47.5. The van der Waals surface area contributed by atoms with Gasteiger partial charge in [-0.3, -0.25) is 0 Å². The number of hydrogen-bond acceptors (Lipinski definition) is 1. The Morgan fingerprint density at radius 2 is 0.949 bits per heavy atom. The van der Waals surface area contributed by atoms with E-state index >= 15 is 0 Å². The van der Waals surface area contributed by atoms with E-state index in [9.17, 15) is 0 Å². The lowest BCUT2D eigenvalue weighted by molar-refractivity contribution is 0.466. The van der Waals surface area contributed by atoms with Crippen molar-refractivity contribution in [3.05, 3.63) is 171 Å². The number of rotatable bonds is 6. The lowest BCUT2D eigenvalue weighted by Gasteiger charge is -2.37. The topological polar surface area (TPSA) is 17.8 Å². The molecule has 1 aromatic heterocycles. The third-order valence-electron chi connectivity index (χ3n) is 6.90. The molecule has 6 aromatic rings. The van der Waals surface area contributed by atoms with Gasteiger partial charge in [0, 0.05) is 21.2 Å². The summed E-state index contributed by atoms with van der Waals surface area (Å²) < 4.78 is 3.01. The fraction of sp³-hybridized carbons (Fsp3) is 0.0294. The summed E-state index contributed by atoms with van der Waals surface area (Å²) in [4.78, 5) is 0. The van der Waals surface area contributed by atoms with E-state index < -0.39 is 5.54 Å². The fourth-order valence-electron chi connectivity index (χ4n) is 5.27. The molecule has 5 heteroatoms. The van der Waals surface area contributed by atoms with Crippen molar-refractivity contribution in [1.82, 2.24) is 9.78 Å². The Labute approximate surface area is 246 Å². The first-order valence-corrected chi connectivity index (χ1v) is 14.1. The summed E-state index contributed by atoms with van der Waals surface area (Å²) in [5, 5.41) is 6.51. The van der Waals surface area contributed by atoms with E-state index in [0.717, 1.165) is 43.7 Å². The number of benzene rings is 5. The first kappa shape index (κ1) is 25.6. The SMILES string of the molecule is Clc1cc(Cl)cc(-c2nn(C(c3ccccc3)(c3ccccc3)c3ccccc3)c(-c3ccccc3)c2Br)c1. The summed E-state index contributed by atoms with van der Waals surface area (Å²) in [5.74, 6) is 0. The van der Waals surface area contributed by atoms with Crippen LogP contribution in [0.5, 0.6) is 0 Å². The van der Waals surface area contributed by atoms with Crippen LogP contribution in [-0.4, -0.2) is 9.78 Å². The number of nitrogens with zero attached hydrogens (tertiary/aromatic N) is 2. The molecule has 0 fully saturated rings. The Balaban J connectivity index is 1.80. The normalized spacial score (nSPS) is 11.5. The molecular weight excluding hydrogens is 587 g/mol. The molecular formula is C34H23BrCl2N2. The van der Waals surface area contributed by atoms with E-state index in [-0.39, 0.29) is 0 Å². The Morgan fingerprint density at radius 1 is 0.538 bits per heavy atom. The van der Waals surface area contributed by atoms with Crippen LogP contribution in [0.1, 0.15) is 16.7 Å². The zero-order valence-electron chi connectivity index (χ0n) is 20.8. The third-order valence-corrected chi connectivity index (χ3v) is 8.09. The van der Waals surface area contributed by atoms with Gasteiger partial charge in [0.1, 0.15) is 11.2 Å². The van der Waals surface area contributed by atoms with E-state index in [2.05, 4.69) is 106 Å². The van der Waals surface area contributed by atoms with Crippen LogP contribution in [0.15, 0.2) is 144 Å². The van der Waals surface area contributed by atoms with Crippen molar-refractivity contribution < 1.29 is 0 Å². The number of halogens is 3. The minimum Gasteiger partial charge on any atom is -0.243 e. The zero-order valence-corrected chi connectivity index (χ0v) is 23.9. The van der Waals surface area contributed by atoms with Crippen molar-refractivity contribution in [3.63, 3.8) is 0 Å². The molecule has 0 aliphatic rings. The van der Waals surface area contributed by atoms with Crippen LogP contribution >= 0.6 is 39.1 Å². The second-order valence-corrected chi connectivity index (χ2v) is 10.9. The lowest BCUT2D eigenvalue weighted by Crippen LogP contribution is -2.39. The Hall–Kier alpha value is -3.63. The summed E-state index contributed by atoms with van der Waals surface area (Å²) in [6.07, 6.45) is 0. The Kier molecular flexibility index (Phi) is 7.14. The van der Waals surface area contributed by atoms with Gasteiger partial charge >= 0.3 is 0 Å². The summed E-state index contributed by atoms with van der Waals surface area (Å²) >= 11 is 16.9. The van der Waals surface area contributed by atoms with Crippen LogP contribution in [0.3, 0.4) is 0 Å². The molecule has 6 rings (SSSR count). The highest BCUT2D eigenvalue weighted by Gasteiger charge is 2.42. The average molecular weight is 610 g/mol. The molecule has 190 valence electrons. The molecule has 2 nitrogen and oxygen atoms in total. The van der Waals surface area contributed by atoms with Gasteiger partial charge in [-0.1, -0.05) is 145 Å². The summed E-state index contributed by atoms with van der Waals surface area (Å²) in [6.45, 7) is 0. The van der Waals surface area contributed by atoms with E-state index in [4.69, 9.17) is 28.3 Å². The molecule has 0 atom stereocenters. The van der Waals surface area contributed by atoms with Crippen LogP contribution in [0, 0.1) is 0 Å². The van der Waals surface area contributed by atoms with Crippen molar-refractivity contribution in [3.8, 4) is 22.5 Å². The molecule has 0 unspecified atom stereocenters. The molecule has 0 radical (unpaired) electrons. The van der Waals surface area contributed by atoms with Crippen molar-refractivity contribution in [2.75, 3.05) is 0 Å². The van der Waals surface area contributed by atoms with Crippen LogP contribution in [0.25, 0.3) is 22.5 Å². The molecule has 0 spiro atoms. The van der Waals surface area contributed by atoms with Gasteiger partial charge in [-0.25, -0.2) is 4.68 Å². The molecule has 0 saturated heterocycles. The van der Waals surface area contributed by atoms with Crippen LogP contribution in [-0.2, 0) is 5.54 Å². The molecule has 0 saturated carbocycles. The highest BCUT2D eigenvalue weighted by Crippen LogP contribution is 2.47. The quantitative estimate of drug-likeness (QED) is 0.172. The highest BCUT2D eigenvalue weighted by atomic mass is 79.9. The van der Waals surface area contributed by atoms with Crippen molar-refractivity contribution >= 4 is 39.1 Å². The molecule has 0 bridgehead atoms. The van der Waals surface area contributed by atoms with Crippen molar-refractivity contribution in [1.29, 1.82) is 0 Å². The first-order chi connectivity index (χ1) is 19.1. The fourth-order valence-corrected chi connectivity index (χ4v) is 6.50. The summed E-state index contributed by atoms with van der Waals surface area (Å²) in [5.41, 5.74) is 6.03. The molecule has 5 aromatic carbocycles. The molecule has 0 N–H and O–H groups in total. The second-order valence-electron chi connectivity index (χ2n) is 9.26. The highest BCUT2D eigenvalue weighted by molar-refractivity contribution is 9.10. The maximum absolute atomic E-state index is 6.46. The van der Waals surface area contributed by atoms with E-state index in [1.807, 2.05) is 48.5 Å². The minimum absolute atomic E-state index is 0.556. The monoisotopic (exact) mass is 608 g/mol. The van der Waals surface area contributed by atoms with E-state index in [1.165, 1.54) is 0 Å². The molecule has 1 heterocycles. The second kappa shape index (κ2) is 10.9. The van der Waals surface area contributed by atoms with Gasteiger partial charge in [0.2, 0.25) is 0 Å². The molecule has 39 heavy (non-hydrogen) atoms. The zero-order chi connectivity index (χ0) is 26.8. The van der Waals surface area contributed by atoms with Gasteiger partial charge in [-0.15, -0.1) is 0 Å². The molecule has 0 amide bonds. The average Bonchev–Trinajstić information content (AvgIpc) is 3.32. The third kappa shape index (κ3) is 4.61. The number of aromatic nitrogens is 2. The van der Waals surface area contributed by atoms with Gasteiger partial charge in [0.05, 0.1) is 10.2 Å². The predicted molar refractivity (Wildman–Crippen MR) is 165 cm³/mol. The van der Waals surface area contributed by atoms with Crippen molar-refractivity contribution in [2.24, 2.45) is 0 Å². The smallest absolute Gasteiger partial charge is 0.138 e. The molecule has 0 aliphatic heterocycles. The Bertz CT molecular complexity index is 1600. The summed E-state index contributed by atoms with van der Waals surface area (Å²) in [7, 11) is 0. The van der Waals surface area contributed by atoms with Crippen LogP contribution in [0.2, 0.25) is 10.0 Å². The van der Waals surface area contributed by atoms with Gasteiger partial charge in [0.25, 0.3) is 0 Å². The van der Waals surface area contributed by atoms with Crippen molar-refractivity contribution in [2.45, 2.75) is 5.54 Å². The lowest BCUT2D eigenvalue weighted by atomic mass is 9.76. The van der Waals surface area contributed by atoms with Gasteiger partial charge < -0.3 is 0 Å². The first-order valence-electron chi connectivity index (χ1n) is 12.6. The van der Waals surface area contributed by atoms with Gasteiger partial charge in [-0.05, 0) is 50.8 Å². The van der Waals surface area contributed by atoms with Gasteiger partial charge in [0.15, 0.2) is 0 Å². The van der Waals surface area contributed by atoms with Crippen LogP contribution in [0.4, 0.5) is 0 Å². The maximum atomic E-state index is 6.46. The largest absolute Gasteiger partial charge is 0.243 e. The predicted octanol–water partition coefficient (Wildman–Crippen LogP) is 10.1. The maximum Gasteiger partial charge on any atom is 0.138 e. The van der Waals surface area contributed by atoms with Gasteiger partial charge in [-0.2, -0.15) is 5.10 Å². The van der Waals surface area contributed by atoms with E-state index in [0.29, 0.717) is 10.0 Å². The molecule has 0 aliphatic carbocycles. The Morgan fingerprint density at radius 3 is 1.38 bits per heavy atom. The van der Waals surface area contributed by atoms with E-state index in [1.54, 1.807) is 6.07 Å². The minimum atomic E-state index is -0.794. The van der Waals surface area contributed by atoms with Crippen LogP contribution < -0.4 is 0 Å². The standard InChI is InChI=1S/C34H23BrCl2N2/c35-31-32(25-21-29(36)23-30(37)22-25)38-39(33(31)24-13-5-1-6-14-24)34(26-15-7-2-8-16-26,27-17-9-3-10-18-27)28-19-11-4-12-20-28/h1-23H.